The molecule has 0 saturated carbocycles. The topological polar surface area (TPSA) is 50.2 Å². The van der Waals surface area contributed by atoms with E-state index < -0.39 is 0 Å². The molecule has 1 aromatic rings. The highest BCUT2D eigenvalue weighted by Crippen LogP contribution is 2.19. The number of carbonyl (C=O) groups excluding carboxylic acids is 1. The molecule has 1 unspecified atom stereocenters. The number of nitrogens with zero attached hydrogens (tertiary/aromatic N) is 3. The molecule has 5 heteroatoms. The molecule has 100 valence electrons. The van der Waals surface area contributed by atoms with Crippen molar-refractivity contribution in [1.29, 1.82) is 0 Å². The Morgan fingerprint density at radius 2 is 2.39 bits per heavy atom. The number of aryl methyl sites for hydroxylation is 2. The lowest BCUT2D eigenvalue weighted by Gasteiger charge is -2.32. The van der Waals surface area contributed by atoms with E-state index in [2.05, 4.69) is 10.4 Å². The van der Waals surface area contributed by atoms with Gasteiger partial charge in [0.1, 0.15) is 0 Å². The van der Waals surface area contributed by atoms with Crippen LogP contribution in [0.3, 0.4) is 0 Å². The second-order valence-corrected chi connectivity index (χ2v) is 5.12. The van der Waals surface area contributed by atoms with Gasteiger partial charge in [-0.25, -0.2) is 0 Å². The summed E-state index contributed by atoms with van der Waals surface area (Å²) >= 11 is 0. The van der Waals surface area contributed by atoms with E-state index in [0.717, 1.165) is 37.3 Å². The van der Waals surface area contributed by atoms with Gasteiger partial charge in [0, 0.05) is 26.3 Å². The van der Waals surface area contributed by atoms with Crippen LogP contribution in [0, 0.1) is 12.8 Å². The maximum Gasteiger partial charge on any atom is 0.257 e. The Morgan fingerprint density at radius 3 is 3.00 bits per heavy atom. The fourth-order valence-electron chi connectivity index (χ4n) is 2.68. The second-order valence-electron chi connectivity index (χ2n) is 5.12. The van der Waals surface area contributed by atoms with Crippen LogP contribution >= 0.6 is 0 Å². The van der Waals surface area contributed by atoms with Gasteiger partial charge >= 0.3 is 0 Å². The second kappa shape index (κ2) is 5.52. The highest BCUT2D eigenvalue weighted by Gasteiger charge is 2.25. The minimum atomic E-state index is 0.126. The molecule has 0 aromatic carbocycles. The maximum absolute atomic E-state index is 12.4. The number of rotatable bonds is 3. The van der Waals surface area contributed by atoms with Gasteiger partial charge in [-0.3, -0.25) is 9.48 Å². The largest absolute Gasteiger partial charge is 0.338 e. The van der Waals surface area contributed by atoms with Crippen molar-refractivity contribution in [2.45, 2.75) is 19.8 Å². The number of carbonyl (C=O) groups is 1. The summed E-state index contributed by atoms with van der Waals surface area (Å²) in [5.74, 6) is 0.700. The molecule has 0 spiro atoms. The number of hydrogen-bond donors (Lipinski definition) is 1. The van der Waals surface area contributed by atoms with Gasteiger partial charge in [0.05, 0.1) is 11.3 Å². The number of amides is 1. The summed E-state index contributed by atoms with van der Waals surface area (Å²) < 4.78 is 1.71. The average Bonchev–Trinajstić information content (AvgIpc) is 2.68. The van der Waals surface area contributed by atoms with Crippen LogP contribution in [-0.2, 0) is 7.05 Å². The van der Waals surface area contributed by atoms with Gasteiger partial charge < -0.3 is 10.2 Å². The Hall–Kier alpha value is -1.36. The number of nitrogens with one attached hydrogen (secondary N) is 1. The zero-order chi connectivity index (χ0) is 13.1. The summed E-state index contributed by atoms with van der Waals surface area (Å²) in [6.45, 7) is 4.60. The third-order valence-corrected chi connectivity index (χ3v) is 3.54. The molecule has 1 atom stereocenters. The van der Waals surface area contributed by atoms with E-state index in [-0.39, 0.29) is 5.91 Å². The van der Waals surface area contributed by atoms with E-state index in [1.165, 1.54) is 6.42 Å². The lowest BCUT2D eigenvalue weighted by atomic mass is 9.97. The first-order valence-electron chi connectivity index (χ1n) is 6.56. The predicted molar refractivity (Wildman–Crippen MR) is 70.5 cm³/mol. The van der Waals surface area contributed by atoms with Gasteiger partial charge in [0.25, 0.3) is 5.91 Å². The third-order valence-electron chi connectivity index (χ3n) is 3.54. The molecule has 1 fully saturated rings. The molecule has 2 heterocycles. The maximum atomic E-state index is 12.4. The molecule has 1 saturated heterocycles. The van der Waals surface area contributed by atoms with E-state index in [4.69, 9.17) is 0 Å². The van der Waals surface area contributed by atoms with Crippen LogP contribution in [-0.4, -0.2) is 47.3 Å². The fraction of sp³-hybridized carbons (Fsp3) is 0.692. The number of likely N-dealkylation sites (tertiary alicyclic amines) is 1. The zero-order valence-corrected chi connectivity index (χ0v) is 11.4. The quantitative estimate of drug-likeness (QED) is 0.863. The summed E-state index contributed by atoms with van der Waals surface area (Å²) in [6.07, 6.45) is 4.12. The Kier molecular flexibility index (Phi) is 4.01. The van der Waals surface area contributed by atoms with Crippen molar-refractivity contribution in [1.82, 2.24) is 20.0 Å². The van der Waals surface area contributed by atoms with Crippen LogP contribution in [0.25, 0.3) is 0 Å². The lowest BCUT2D eigenvalue weighted by Crippen LogP contribution is -2.42. The molecule has 18 heavy (non-hydrogen) atoms. The first kappa shape index (κ1) is 13.1. The van der Waals surface area contributed by atoms with Crippen LogP contribution in [0.1, 0.15) is 28.9 Å². The van der Waals surface area contributed by atoms with E-state index >= 15 is 0 Å². The van der Waals surface area contributed by atoms with Crippen molar-refractivity contribution in [2.24, 2.45) is 13.0 Å². The fourth-order valence-corrected chi connectivity index (χ4v) is 2.68. The van der Waals surface area contributed by atoms with Crippen LogP contribution in [0.15, 0.2) is 6.20 Å². The molecule has 1 aliphatic heterocycles. The molecule has 1 amide bonds. The molecule has 2 rings (SSSR count). The number of hydrogen-bond acceptors (Lipinski definition) is 3. The van der Waals surface area contributed by atoms with Crippen molar-refractivity contribution < 1.29 is 4.79 Å². The van der Waals surface area contributed by atoms with E-state index in [1.54, 1.807) is 4.68 Å². The van der Waals surface area contributed by atoms with Gasteiger partial charge in [-0.2, -0.15) is 5.10 Å². The van der Waals surface area contributed by atoms with Gasteiger partial charge in [-0.05, 0) is 39.3 Å². The Labute approximate surface area is 108 Å². The molecule has 5 nitrogen and oxygen atoms in total. The SMILES string of the molecule is CNCC1CCCN(C(=O)c2cn(C)nc2C)C1. The standard InChI is InChI=1S/C13H22N4O/c1-10-12(9-16(3)15-10)13(18)17-6-4-5-11(8-17)7-14-2/h9,11,14H,4-8H2,1-3H3. The van der Waals surface area contributed by atoms with Crippen molar-refractivity contribution in [3.63, 3.8) is 0 Å². The van der Waals surface area contributed by atoms with E-state index in [9.17, 15) is 4.79 Å². The van der Waals surface area contributed by atoms with Crippen LogP contribution in [0.5, 0.6) is 0 Å². The van der Waals surface area contributed by atoms with Gasteiger partial charge in [-0.15, -0.1) is 0 Å². The average molecular weight is 250 g/mol. The molecular weight excluding hydrogens is 228 g/mol. The van der Waals surface area contributed by atoms with Gasteiger partial charge in [0.15, 0.2) is 0 Å². The minimum Gasteiger partial charge on any atom is -0.338 e. The first-order chi connectivity index (χ1) is 8.61. The molecule has 0 bridgehead atoms. The predicted octanol–water partition coefficient (Wildman–Crippen LogP) is 0.800. The lowest BCUT2D eigenvalue weighted by molar-refractivity contribution is 0.0673. The molecule has 1 N–H and O–H groups in total. The van der Waals surface area contributed by atoms with Gasteiger partial charge in [0.2, 0.25) is 0 Å². The van der Waals surface area contributed by atoms with Crippen LogP contribution < -0.4 is 5.32 Å². The molecule has 1 aromatic heterocycles. The number of piperidine rings is 1. The molecule has 1 aliphatic rings. The monoisotopic (exact) mass is 250 g/mol. The summed E-state index contributed by atoms with van der Waals surface area (Å²) in [7, 11) is 3.82. The van der Waals surface area contributed by atoms with E-state index in [1.807, 2.05) is 32.1 Å². The first-order valence-corrected chi connectivity index (χ1v) is 6.56. The van der Waals surface area contributed by atoms with Crippen molar-refractivity contribution >= 4 is 5.91 Å². The number of aromatic nitrogens is 2. The summed E-state index contributed by atoms with van der Waals surface area (Å²) in [4.78, 5) is 14.4. The van der Waals surface area contributed by atoms with Crippen molar-refractivity contribution in [3.05, 3.63) is 17.5 Å². The van der Waals surface area contributed by atoms with Crippen LogP contribution in [0.2, 0.25) is 0 Å². The summed E-state index contributed by atoms with van der Waals surface area (Å²) in [5, 5.41) is 7.44. The highest BCUT2D eigenvalue weighted by atomic mass is 16.2. The normalized spacial score (nSPS) is 20.2. The van der Waals surface area contributed by atoms with Crippen molar-refractivity contribution in [2.75, 3.05) is 26.7 Å². The summed E-state index contributed by atoms with van der Waals surface area (Å²) in [6, 6.07) is 0. The molecule has 0 aliphatic carbocycles. The highest BCUT2D eigenvalue weighted by molar-refractivity contribution is 5.95. The molecule has 0 radical (unpaired) electrons. The summed E-state index contributed by atoms with van der Waals surface area (Å²) in [5.41, 5.74) is 1.56. The Bertz CT molecular complexity index is 425. The smallest absolute Gasteiger partial charge is 0.257 e. The van der Waals surface area contributed by atoms with E-state index in [0.29, 0.717) is 5.92 Å². The molecular formula is C13H22N4O. The third kappa shape index (κ3) is 2.72. The Balaban J connectivity index is 2.06. The van der Waals surface area contributed by atoms with Gasteiger partial charge in [-0.1, -0.05) is 0 Å². The zero-order valence-electron chi connectivity index (χ0n) is 11.4. The minimum absolute atomic E-state index is 0.126. The van der Waals surface area contributed by atoms with Crippen molar-refractivity contribution in [3.8, 4) is 0 Å². The Morgan fingerprint density at radius 1 is 1.61 bits per heavy atom. The van der Waals surface area contributed by atoms with Crippen LogP contribution in [0.4, 0.5) is 0 Å².